The van der Waals surface area contributed by atoms with E-state index < -0.39 is 35.4 Å². The van der Waals surface area contributed by atoms with Crippen LogP contribution in [0.25, 0.3) is 0 Å². The first-order chi connectivity index (χ1) is 15.2. The molecular formula is C20H29N3O9. The third-order valence-electron chi connectivity index (χ3n) is 4.65. The van der Waals surface area contributed by atoms with Crippen molar-refractivity contribution in [2.75, 3.05) is 34.3 Å². The standard InChI is InChI=1S/C20H29N3O9/c1-13(24)30-15-10-18(20(25)28-4)32-19(11-15)31-17-6-5-14(9-16(17)23(26)27)12-29-22(3)8-7-21-2/h5-6,9,15,18-19,21H,7-8,10-12H2,1-4H3/t15-,18-,19+/m0/s1. The second-order valence-corrected chi connectivity index (χ2v) is 7.19. The summed E-state index contributed by atoms with van der Waals surface area (Å²) in [6, 6.07) is 4.43. The first kappa shape index (κ1) is 25.5. The Morgan fingerprint density at radius 3 is 2.72 bits per heavy atom. The van der Waals surface area contributed by atoms with Crippen molar-refractivity contribution in [2.45, 2.75) is 44.9 Å². The number of hydrogen-bond donors (Lipinski definition) is 1. The van der Waals surface area contributed by atoms with Gasteiger partial charge in [0.15, 0.2) is 11.9 Å². The Labute approximate surface area is 185 Å². The fraction of sp³-hybridized carbons (Fsp3) is 0.600. The van der Waals surface area contributed by atoms with Crippen molar-refractivity contribution in [3.8, 4) is 5.75 Å². The number of carbonyl (C=O) groups excluding carboxylic acids is 2. The van der Waals surface area contributed by atoms with Gasteiger partial charge in [0.2, 0.25) is 6.29 Å². The largest absolute Gasteiger partial charge is 0.467 e. The highest BCUT2D eigenvalue weighted by Crippen LogP contribution is 2.32. The van der Waals surface area contributed by atoms with E-state index in [9.17, 15) is 19.7 Å². The van der Waals surface area contributed by atoms with E-state index >= 15 is 0 Å². The number of hydroxylamine groups is 2. The summed E-state index contributed by atoms with van der Waals surface area (Å²) < 4.78 is 21.2. The molecule has 0 saturated carbocycles. The lowest BCUT2D eigenvalue weighted by atomic mass is 10.0. The molecule has 0 radical (unpaired) electrons. The van der Waals surface area contributed by atoms with E-state index in [0.717, 1.165) is 6.54 Å². The van der Waals surface area contributed by atoms with Gasteiger partial charge in [-0.25, -0.2) is 4.79 Å². The molecule has 1 aromatic carbocycles. The molecule has 1 fully saturated rings. The molecule has 0 aliphatic carbocycles. The fourth-order valence-electron chi connectivity index (χ4n) is 3.09. The first-order valence-electron chi connectivity index (χ1n) is 10.1. The number of hydrogen-bond acceptors (Lipinski definition) is 11. The summed E-state index contributed by atoms with van der Waals surface area (Å²) >= 11 is 0. The van der Waals surface area contributed by atoms with E-state index in [1.54, 1.807) is 18.2 Å². The van der Waals surface area contributed by atoms with Crippen molar-refractivity contribution >= 4 is 17.6 Å². The summed E-state index contributed by atoms with van der Waals surface area (Å²) in [6.07, 6.45) is -2.53. The Morgan fingerprint density at radius 1 is 1.34 bits per heavy atom. The lowest BCUT2D eigenvalue weighted by molar-refractivity contribution is -0.386. The molecule has 1 aromatic rings. The van der Waals surface area contributed by atoms with E-state index in [1.165, 1.54) is 26.2 Å². The average Bonchev–Trinajstić information content (AvgIpc) is 2.75. The predicted octanol–water partition coefficient (Wildman–Crippen LogP) is 1.17. The number of ether oxygens (including phenoxy) is 4. The van der Waals surface area contributed by atoms with Crippen LogP contribution in [0.1, 0.15) is 25.3 Å². The van der Waals surface area contributed by atoms with Gasteiger partial charge in [-0.1, -0.05) is 6.07 Å². The molecule has 1 aliphatic rings. The van der Waals surface area contributed by atoms with Crippen molar-refractivity contribution in [3.63, 3.8) is 0 Å². The molecule has 1 N–H and O–H groups in total. The van der Waals surface area contributed by atoms with Crippen molar-refractivity contribution in [1.82, 2.24) is 10.4 Å². The van der Waals surface area contributed by atoms with E-state index in [2.05, 4.69) is 5.32 Å². The number of nitrogens with one attached hydrogen (secondary N) is 1. The van der Waals surface area contributed by atoms with Gasteiger partial charge >= 0.3 is 17.6 Å². The summed E-state index contributed by atoms with van der Waals surface area (Å²) in [5.74, 6) is -1.21. The fourth-order valence-corrected chi connectivity index (χ4v) is 3.09. The maximum atomic E-state index is 11.9. The number of nitrogens with zero attached hydrogens (tertiary/aromatic N) is 2. The molecule has 1 aliphatic heterocycles. The molecule has 0 aromatic heterocycles. The number of carbonyl (C=O) groups is 2. The molecule has 0 bridgehead atoms. The molecule has 32 heavy (non-hydrogen) atoms. The van der Waals surface area contributed by atoms with Crippen LogP contribution in [-0.4, -0.2) is 74.7 Å². The number of methoxy groups -OCH3 is 1. The van der Waals surface area contributed by atoms with Crippen molar-refractivity contribution < 1.29 is 38.3 Å². The van der Waals surface area contributed by atoms with Gasteiger partial charge in [0, 0.05) is 46.0 Å². The first-order valence-corrected chi connectivity index (χ1v) is 10.1. The minimum Gasteiger partial charge on any atom is -0.467 e. The minimum atomic E-state index is -1.05. The maximum absolute atomic E-state index is 11.9. The van der Waals surface area contributed by atoms with Gasteiger partial charge in [-0.2, -0.15) is 5.06 Å². The molecule has 178 valence electrons. The topological polar surface area (TPSA) is 139 Å². The van der Waals surface area contributed by atoms with Gasteiger partial charge < -0.3 is 24.3 Å². The molecule has 1 heterocycles. The zero-order chi connectivity index (χ0) is 23.7. The normalized spacial score (nSPS) is 20.6. The molecule has 0 amide bonds. The van der Waals surface area contributed by atoms with Gasteiger partial charge in [0.25, 0.3) is 0 Å². The van der Waals surface area contributed by atoms with Crippen LogP contribution >= 0.6 is 0 Å². The SMILES string of the molecule is CNCCN(C)OCc1ccc(O[C@H]2C[C@@H](OC(C)=O)C[C@@H](C(=O)OC)O2)c([N+](=O)[O-])c1. The van der Waals surface area contributed by atoms with Crippen LogP contribution < -0.4 is 10.1 Å². The second kappa shape index (κ2) is 12.3. The Bertz CT molecular complexity index is 805. The third-order valence-corrected chi connectivity index (χ3v) is 4.65. The van der Waals surface area contributed by atoms with Crippen LogP contribution in [0.15, 0.2) is 18.2 Å². The Morgan fingerprint density at radius 2 is 2.09 bits per heavy atom. The van der Waals surface area contributed by atoms with Gasteiger partial charge in [0.1, 0.15) is 6.10 Å². The number of nitro benzene ring substituents is 1. The highest BCUT2D eigenvalue weighted by molar-refractivity contribution is 5.74. The van der Waals surface area contributed by atoms with Crippen molar-refractivity contribution in [2.24, 2.45) is 0 Å². The Balaban J connectivity index is 2.12. The molecule has 12 heteroatoms. The number of likely N-dealkylation sites (N-methyl/N-ethyl adjacent to an activating group) is 2. The summed E-state index contributed by atoms with van der Waals surface area (Å²) in [7, 11) is 4.80. The summed E-state index contributed by atoms with van der Waals surface area (Å²) in [6.45, 7) is 2.76. The molecule has 3 atom stereocenters. The number of benzene rings is 1. The highest BCUT2D eigenvalue weighted by Gasteiger charge is 2.38. The van der Waals surface area contributed by atoms with Crippen LogP contribution in [0.2, 0.25) is 0 Å². The van der Waals surface area contributed by atoms with Crippen LogP contribution in [0.4, 0.5) is 5.69 Å². The molecule has 12 nitrogen and oxygen atoms in total. The number of nitro groups is 1. The van der Waals surface area contributed by atoms with E-state index in [-0.39, 0.29) is 30.9 Å². The van der Waals surface area contributed by atoms with E-state index in [0.29, 0.717) is 12.1 Å². The van der Waals surface area contributed by atoms with Gasteiger partial charge in [-0.3, -0.25) is 19.7 Å². The van der Waals surface area contributed by atoms with Crippen molar-refractivity contribution in [3.05, 3.63) is 33.9 Å². The van der Waals surface area contributed by atoms with Crippen LogP contribution in [0, 0.1) is 10.1 Å². The maximum Gasteiger partial charge on any atom is 0.335 e. The lowest BCUT2D eigenvalue weighted by Gasteiger charge is -2.33. The monoisotopic (exact) mass is 455 g/mol. The smallest absolute Gasteiger partial charge is 0.335 e. The van der Waals surface area contributed by atoms with E-state index in [4.69, 9.17) is 23.8 Å². The molecule has 2 rings (SSSR count). The average molecular weight is 455 g/mol. The zero-order valence-electron chi connectivity index (χ0n) is 18.6. The summed E-state index contributed by atoms with van der Waals surface area (Å²) in [5, 5.41) is 16.2. The van der Waals surface area contributed by atoms with E-state index in [1.807, 2.05) is 7.05 Å². The Kier molecular flexibility index (Phi) is 9.78. The van der Waals surface area contributed by atoms with Gasteiger partial charge in [0.05, 0.1) is 18.6 Å². The highest BCUT2D eigenvalue weighted by atomic mass is 16.7. The van der Waals surface area contributed by atoms with Crippen molar-refractivity contribution in [1.29, 1.82) is 0 Å². The molecule has 0 unspecified atom stereocenters. The summed E-state index contributed by atoms with van der Waals surface area (Å²) in [4.78, 5) is 39.9. The quantitative estimate of drug-likeness (QED) is 0.292. The zero-order valence-corrected chi connectivity index (χ0v) is 18.6. The minimum absolute atomic E-state index is 0.0422. The Hall–Kier alpha value is -2.80. The third kappa shape index (κ3) is 7.71. The van der Waals surface area contributed by atoms with Crippen LogP contribution in [-0.2, 0) is 35.2 Å². The van der Waals surface area contributed by atoms with Crippen LogP contribution in [0.3, 0.4) is 0 Å². The second-order valence-electron chi connectivity index (χ2n) is 7.19. The molecule has 0 spiro atoms. The predicted molar refractivity (Wildman–Crippen MR) is 111 cm³/mol. The summed E-state index contributed by atoms with van der Waals surface area (Å²) in [5.41, 5.74) is 0.298. The van der Waals surface area contributed by atoms with Gasteiger partial charge in [-0.15, -0.1) is 0 Å². The lowest BCUT2D eigenvalue weighted by Crippen LogP contribution is -2.44. The molecular weight excluding hydrogens is 426 g/mol. The van der Waals surface area contributed by atoms with Gasteiger partial charge in [-0.05, 0) is 18.7 Å². The molecule has 1 saturated heterocycles. The van der Waals surface area contributed by atoms with Crippen LogP contribution in [0.5, 0.6) is 5.75 Å². The number of esters is 2. The number of rotatable bonds is 11.